The van der Waals surface area contributed by atoms with Gasteiger partial charge in [0.25, 0.3) is 5.91 Å². The molecule has 0 saturated heterocycles. The lowest BCUT2D eigenvalue weighted by molar-refractivity contribution is -0.253. The van der Waals surface area contributed by atoms with E-state index < -0.39 is 24.2 Å². The zero-order chi connectivity index (χ0) is 16.9. The summed E-state index contributed by atoms with van der Waals surface area (Å²) >= 11 is 0. The molecule has 0 bridgehead atoms. The van der Waals surface area contributed by atoms with E-state index in [0.29, 0.717) is 5.56 Å². The number of carbonyl (C=O) groups excluding carboxylic acids is 1. The van der Waals surface area contributed by atoms with Crippen LogP contribution in [-0.2, 0) is 0 Å². The van der Waals surface area contributed by atoms with Gasteiger partial charge in [-0.25, -0.2) is 5.43 Å². The Bertz CT molecular complexity index is 687. The molecule has 0 unspecified atom stereocenters. The van der Waals surface area contributed by atoms with Gasteiger partial charge >= 0.3 is 12.5 Å². The van der Waals surface area contributed by atoms with Gasteiger partial charge in [-0.1, -0.05) is 6.07 Å². The van der Waals surface area contributed by atoms with Crippen molar-refractivity contribution in [3.63, 3.8) is 0 Å². The van der Waals surface area contributed by atoms with Gasteiger partial charge in [-0.05, 0) is 24.3 Å². The van der Waals surface area contributed by atoms with Gasteiger partial charge in [0.1, 0.15) is 5.75 Å². The van der Waals surface area contributed by atoms with Crippen molar-refractivity contribution in [1.82, 2.24) is 5.43 Å². The summed E-state index contributed by atoms with van der Waals surface area (Å²) in [5.41, 5.74) is 2.66. The van der Waals surface area contributed by atoms with Gasteiger partial charge in [-0.3, -0.25) is 4.79 Å². The number of halogens is 4. The van der Waals surface area contributed by atoms with Crippen molar-refractivity contribution in [2.75, 3.05) is 0 Å². The summed E-state index contributed by atoms with van der Waals surface area (Å²) in [5.74, 6) is -1.29. The Morgan fingerprint density at radius 3 is 2.78 bits per heavy atom. The maximum Gasteiger partial charge on any atom is 0.461 e. The van der Waals surface area contributed by atoms with Crippen molar-refractivity contribution in [2.24, 2.45) is 5.10 Å². The Balaban J connectivity index is 2.02. The molecule has 0 aliphatic carbocycles. The fourth-order valence-electron chi connectivity index (χ4n) is 1.48. The first-order valence-electron chi connectivity index (χ1n) is 6.19. The summed E-state index contributed by atoms with van der Waals surface area (Å²) in [5, 5.41) is 3.63. The molecule has 1 N–H and O–H groups in total. The monoisotopic (exact) mass is 330 g/mol. The second-order valence-electron chi connectivity index (χ2n) is 4.25. The van der Waals surface area contributed by atoms with Crippen LogP contribution >= 0.6 is 0 Å². The van der Waals surface area contributed by atoms with Gasteiger partial charge < -0.3 is 9.15 Å². The third-order valence-electron chi connectivity index (χ3n) is 2.53. The molecule has 0 atom stereocenters. The van der Waals surface area contributed by atoms with Crippen molar-refractivity contribution >= 4 is 12.1 Å². The number of ether oxygens (including phenoxy) is 1. The minimum atomic E-state index is -4.64. The summed E-state index contributed by atoms with van der Waals surface area (Å²) in [4.78, 5) is 11.8. The third-order valence-corrected chi connectivity index (χ3v) is 2.53. The lowest BCUT2D eigenvalue weighted by Gasteiger charge is -2.16. The Morgan fingerprint density at radius 1 is 1.35 bits per heavy atom. The molecule has 2 rings (SSSR count). The van der Waals surface area contributed by atoms with E-state index in [1.54, 1.807) is 6.07 Å². The van der Waals surface area contributed by atoms with Crippen LogP contribution in [0.1, 0.15) is 15.9 Å². The average Bonchev–Trinajstić information content (AvgIpc) is 3.00. The summed E-state index contributed by atoms with van der Waals surface area (Å²) in [6.45, 7) is 0. The number of hydrogen-bond donors (Lipinski definition) is 1. The Kier molecular flexibility index (Phi) is 4.99. The molecule has 1 aromatic carbocycles. The van der Waals surface area contributed by atoms with E-state index in [0.717, 1.165) is 12.1 Å². The molecule has 0 radical (unpaired) electrons. The predicted octanol–water partition coefficient (Wildman–Crippen LogP) is 3.28. The highest BCUT2D eigenvalue weighted by Crippen LogP contribution is 2.27. The Morgan fingerprint density at radius 2 is 2.13 bits per heavy atom. The lowest BCUT2D eigenvalue weighted by atomic mass is 10.2. The minimum Gasteiger partial charge on any atom is -0.472 e. The van der Waals surface area contributed by atoms with Crippen molar-refractivity contribution in [3.8, 4) is 5.75 Å². The van der Waals surface area contributed by atoms with Gasteiger partial charge in [0.2, 0.25) is 0 Å². The van der Waals surface area contributed by atoms with E-state index in [-0.39, 0.29) is 5.56 Å². The van der Waals surface area contributed by atoms with E-state index >= 15 is 0 Å². The topological polar surface area (TPSA) is 63.8 Å². The number of amides is 1. The molecule has 5 nitrogen and oxygen atoms in total. The molecule has 9 heteroatoms. The van der Waals surface area contributed by atoms with Crippen LogP contribution in [0.2, 0.25) is 0 Å². The molecule has 23 heavy (non-hydrogen) atoms. The minimum absolute atomic E-state index is 0.0862. The normalized spacial score (nSPS) is 11.9. The molecule has 0 fully saturated rings. The molecule has 122 valence electrons. The van der Waals surface area contributed by atoms with Gasteiger partial charge in [-0.2, -0.15) is 22.7 Å². The molecule has 0 spiro atoms. The summed E-state index contributed by atoms with van der Waals surface area (Å²) in [7, 11) is 0. The van der Waals surface area contributed by atoms with Crippen LogP contribution in [0.15, 0.2) is 52.4 Å². The third kappa shape index (κ3) is 4.56. The van der Waals surface area contributed by atoms with Crippen molar-refractivity contribution in [3.05, 3.63) is 54.0 Å². The molecule has 2 aromatic rings. The number of nitrogens with one attached hydrogen (secondary N) is 1. The van der Waals surface area contributed by atoms with Crippen LogP contribution in [-0.4, -0.2) is 24.7 Å². The smallest absolute Gasteiger partial charge is 0.461 e. The van der Waals surface area contributed by atoms with Gasteiger partial charge in [0.15, 0.2) is 0 Å². The van der Waals surface area contributed by atoms with Crippen molar-refractivity contribution in [2.45, 2.75) is 12.5 Å². The zero-order valence-electron chi connectivity index (χ0n) is 11.4. The van der Waals surface area contributed by atoms with E-state index in [4.69, 9.17) is 4.42 Å². The second-order valence-corrected chi connectivity index (χ2v) is 4.25. The van der Waals surface area contributed by atoms with E-state index in [1.807, 2.05) is 0 Å². The molecule has 0 aliphatic rings. The Labute approximate surface area is 127 Å². The molecule has 1 heterocycles. The van der Waals surface area contributed by atoms with Gasteiger partial charge in [-0.15, -0.1) is 0 Å². The number of carbonyl (C=O) groups is 1. The Hall–Kier alpha value is -2.84. The SMILES string of the molecule is O=C(N/N=C\c1ccoc1)c1cccc(OC(F)(F)C(F)F)c1. The van der Waals surface area contributed by atoms with E-state index in [2.05, 4.69) is 15.3 Å². The molecular formula is C14H10F4N2O3. The first kappa shape index (κ1) is 16.5. The fourth-order valence-corrected chi connectivity index (χ4v) is 1.48. The number of rotatable bonds is 6. The molecule has 0 saturated carbocycles. The predicted molar refractivity (Wildman–Crippen MR) is 71.8 cm³/mol. The largest absolute Gasteiger partial charge is 0.472 e. The maximum atomic E-state index is 12.8. The fraction of sp³-hybridized carbons (Fsp3) is 0.143. The van der Waals surface area contributed by atoms with Crippen molar-refractivity contribution < 1.29 is 31.5 Å². The number of alkyl halides is 4. The number of hydrazone groups is 1. The number of benzene rings is 1. The van der Waals surface area contributed by atoms with Crippen LogP contribution in [0.5, 0.6) is 5.75 Å². The van der Waals surface area contributed by atoms with E-state index in [9.17, 15) is 22.4 Å². The highest BCUT2D eigenvalue weighted by Gasteiger charge is 2.44. The number of nitrogens with zero attached hydrogens (tertiary/aromatic N) is 1. The standard InChI is InChI=1S/C14H10F4N2O3/c15-13(16)14(17,18)23-11-3-1-2-10(6-11)12(21)20-19-7-9-4-5-22-8-9/h1-8,13H,(H,20,21)/b19-7-. The number of furan rings is 1. The van der Waals surface area contributed by atoms with Crippen LogP contribution in [0, 0.1) is 0 Å². The van der Waals surface area contributed by atoms with Crippen molar-refractivity contribution in [1.29, 1.82) is 0 Å². The number of hydrogen-bond acceptors (Lipinski definition) is 4. The highest BCUT2D eigenvalue weighted by molar-refractivity contribution is 5.95. The molecule has 0 aliphatic heterocycles. The molecule has 1 aromatic heterocycles. The maximum absolute atomic E-state index is 12.8. The lowest BCUT2D eigenvalue weighted by Crippen LogP contribution is -2.33. The van der Waals surface area contributed by atoms with Crippen LogP contribution in [0.3, 0.4) is 0 Å². The first-order valence-corrected chi connectivity index (χ1v) is 6.19. The quantitative estimate of drug-likeness (QED) is 0.502. The van der Waals surface area contributed by atoms with Crippen LogP contribution < -0.4 is 10.2 Å². The first-order chi connectivity index (χ1) is 10.9. The average molecular weight is 330 g/mol. The molecular weight excluding hydrogens is 320 g/mol. The van der Waals surface area contributed by atoms with Crippen LogP contribution in [0.25, 0.3) is 0 Å². The molecule has 1 amide bonds. The second kappa shape index (κ2) is 6.95. The van der Waals surface area contributed by atoms with Crippen LogP contribution in [0.4, 0.5) is 17.6 Å². The van der Waals surface area contributed by atoms with Gasteiger partial charge in [0, 0.05) is 11.1 Å². The summed E-state index contributed by atoms with van der Waals surface area (Å²) in [6.07, 6.45) is -4.54. The summed E-state index contributed by atoms with van der Waals surface area (Å²) in [6, 6.07) is 6.03. The van der Waals surface area contributed by atoms with Gasteiger partial charge in [0.05, 0.1) is 18.7 Å². The van der Waals surface area contributed by atoms with E-state index in [1.165, 1.54) is 30.9 Å². The zero-order valence-corrected chi connectivity index (χ0v) is 11.4. The highest BCUT2D eigenvalue weighted by atomic mass is 19.3. The summed E-state index contributed by atoms with van der Waals surface area (Å²) < 4.78 is 58.5.